The van der Waals surface area contributed by atoms with E-state index in [0.717, 1.165) is 53.8 Å². The van der Waals surface area contributed by atoms with Crippen LogP contribution in [0.4, 0.5) is 17.6 Å². The summed E-state index contributed by atoms with van der Waals surface area (Å²) in [7, 11) is 0. The van der Waals surface area contributed by atoms with Crippen LogP contribution in [0.5, 0.6) is 5.75 Å². The fourth-order valence-electron chi connectivity index (χ4n) is 6.86. The Hall–Kier alpha value is -2.87. The Balaban J connectivity index is 1.42. The standard InChI is InChI=1S/C32H37F4NO3/c33-31(14-4-1-5-15-31)29(18-22-16-24-6-2-3-7-28(24)40-20-22)37-27-13-8-21(19-30(38)39)17-26(27)23-9-11-25(12-10-23)32(34,35)36/h2-3,6-7,9-12,16,21,26-27,29,37H,1,4-5,8,13-15,17-20H2,(H,38,39)/t21-,26+,27-,29?/m1/s1. The van der Waals surface area contributed by atoms with Crippen molar-refractivity contribution in [2.45, 2.75) is 94.1 Å². The minimum Gasteiger partial charge on any atom is -0.489 e. The molecular weight excluding hydrogens is 522 g/mol. The Labute approximate surface area is 232 Å². The molecule has 2 aromatic rings. The first-order chi connectivity index (χ1) is 19.1. The van der Waals surface area contributed by atoms with Crippen molar-refractivity contribution in [3.05, 3.63) is 70.8 Å². The Morgan fingerprint density at radius 2 is 1.77 bits per heavy atom. The zero-order chi connectivity index (χ0) is 28.3. The lowest BCUT2D eigenvalue weighted by Gasteiger charge is -2.44. The topological polar surface area (TPSA) is 58.6 Å². The van der Waals surface area contributed by atoms with Gasteiger partial charge in [0.2, 0.25) is 0 Å². The summed E-state index contributed by atoms with van der Waals surface area (Å²) >= 11 is 0. The number of benzene rings is 2. The number of hydrogen-bond acceptors (Lipinski definition) is 3. The lowest BCUT2D eigenvalue weighted by atomic mass is 9.72. The Morgan fingerprint density at radius 1 is 1.05 bits per heavy atom. The Kier molecular flexibility index (Phi) is 8.55. The number of halogens is 4. The lowest BCUT2D eigenvalue weighted by Crippen LogP contribution is -2.55. The van der Waals surface area contributed by atoms with E-state index in [4.69, 9.17) is 4.74 Å². The van der Waals surface area contributed by atoms with Gasteiger partial charge in [-0.25, -0.2) is 4.39 Å². The first-order valence-corrected chi connectivity index (χ1v) is 14.4. The van der Waals surface area contributed by atoms with Gasteiger partial charge in [0, 0.05) is 24.1 Å². The van der Waals surface area contributed by atoms with E-state index in [0.29, 0.717) is 45.1 Å². The highest BCUT2D eigenvalue weighted by molar-refractivity contribution is 5.67. The highest BCUT2D eigenvalue weighted by Gasteiger charge is 2.43. The van der Waals surface area contributed by atoms with E-state index in [-0.39, 0.29) is 24.3 Å². The zero-order valence-electron chi connectivity index (χ0n) is 22.6. The van der Waals surface area contributed by atoms with E-state index in [1.165, 1.54) is 12.1 Å². The van der Waals surface area contributed by atoms with Crippen LogP contribution in [0.3, 0.4) is 0 Å². The molecule has 40 heavy (non-hydrogen) atoms. The SMILES string of the molecule is O=C(O)C[C@@H]1CC[C@@H](NC(CC2=Cc3ccccc3OC2)C2(F)CCCCC2)[C@H](c2ccc(C(F)(F)F)cc2)C1. The summed E-state index contributed by atoms with van der Waals surface area (Å²) in [4.78, 5) is 11.5. The van der Waals surface area contributed by atoms with Crippen molar-refractivity contribution in [2.24, 2.45) is 5.92 Å². The molecule has 1 unspecified atom stereocenters. The number of fused-ring (bicyclic) bond motifs is 1. The summed E-state index contributed by atoms with van der Waals surface area (Å²) in [6.07, 6.45) is 3.55. The number of para-hydroxylation sites is 1. The molecule has 0 spiro atoms. The monoisotopic (exact) mass is 559 g/mol. The van der Waals surface area contributed by atoms with Gasteiger partial charge in [0.25, 0.3) is 0 Å². The molecule has 2 saturated carbocycles. The molecule has 2 fully saturated rings. The highest BCUT2D eigenvalue weighted by Crippen LogP contribution is 2.43. The molecule has 0 radical (unpaired) electrons. The van der Waals surface area contributed by atoms with E-state index in [1.54, 1.807) is 0 Å². The number of ether oxygens (including phenoxy) is 1. The van der Waals surface area contributed by atoms with E-state index in [1.807, 2.05) is 24.3 Å². The quantitative estimate of drug-likeness (QED) is 0.323. The molecule has 2 N–H and O–H groups in total. The van der Waals surface area contributed by atoms with Gasteiger partial charge in [-0.15, -0.1) is 0 Å². The third kappa shape index (κ3) is 6.70. The normalized spacial score (nSPS) is 25.3. The van der Waals surface area contributed by atoms with Crippen LogP contribution in [0.2, 0.25) is 0 Å². The maximum absolute atomic E-state index is 16.7. The average molecular weight is 560 g/mol. The summed E-state index contributed by atoms with van der Waals surface area (Å²) in [5, 5.41) is 13.1. The second-order valence-corrected chi connectivity index (χ2v) is 11.8. The molecule has 3 aliphatic rings. The van der Waals surface area contributed by atoms with Crippen molar-refractivity contribution in [2.75, 3.05) is 6.61 Å². The van der Waals surface area contributed by atoms with Gasteiger partial charge in [-0.1, -0.05) is 49.6 Å². The van der Waals surface area contributed by atoms with Crippen molar-refractivity contribution >= 4 is 12.0 Å². The largest absolute Gasteiger partial charge is 0.489 e. The molecule has 1 aliphatic heterocycles. The first-order valence-electron chi connectivity index (χ1n) is 14.4. The second-order valence-electron chi connectivity index (χ2n) is 11.8. The van der Waals surface area contributed by atoms with Crippen LogP contribution in [-0.4, -0.2) is 35.4 Å². The molecule has 2 aliphatic carbocycles. The minimum absolute atomic E-state index is 0.0178. The van der Waals surface area contributed by atoms with Gasteiger partial charge in [-0.3, -0.25) is 4.79 Å². The van der Waals surface area contributed by atoms with Crippen LogP contribution in [0.1, 0.15) is 86.8 Å². The predicted molar refractivity (Wildman–Crippen MR) is 146 cm³/mol. The molecule has 5 rings (SSSR count). The summed E-state index contributed by atoms with van der Waals surface area (Å²) in [5.74, 6) is -0.369. The van der Waals surface area contributed by atoms with Gasteiger partial charge in [0.15, 0.2) is 0 Å². The smallest absolute Gasteiger partial charge is 0.416 e. The molecule has 0 bridgehead atoms. The van der Waals surface area contributed by atoms with Crippen molar-refractivity contribution < 1.29 is 32.2 Å². The molecule has 4 nitrogen and oxygen atoms in total. The van der Waals surface area contributed by atoms with Crippen molar-refractivity contribution in [3.8, 4) is 5.75 Å². The van der Waals surface area contributed by atoms with Crippen LogP contribution >= 0.6 is 0 Å². The summed E-state index contributed by atoms with van der Waals surface area (Å²) in [6, 6.07) is 12.3. The minimum atomic E-state index is -4.43. The van der Waals surface area contributed by atoms with Gasteiger partial charge in [0.1, 0.15) is 18.0 Å². The number of alkyl halides is 4. The second kappa shape index (κ2) is 11.9. The fourth-order valence-corrected chi connectivity index (χ4v) is 6.86. The number of aliphatic carboxylic acids is 1. The maximum Gasteiger partial charge on any atom is 0.416 e. The van der Waals surface area contributed by atoms with Gasteiger partial charge in [0.05, 0.1) is 5.56 Å². The van der Waals surface area contributed by atoms with Crippen LogP contribution in [0, 0.1) is 5.92 Å². The number of carbonyl (C=O) groups is 1. The van der Waals surface area contributed by atoms with Crippen LogP contribution in [0.25, 0.3) is 6.08 Å². The van der Waals surface area contributed by atoms with Gasteiger partial charge < -0.3 is 15.2 Å². The van der Waals surface area contributed by atoms with Gasteiger partial charge in [-0.05, 0) is 85.8 Å². The number of carboxylic acid groups (broad SMARTS) is 1. The number of hydrogen-bond donors (Lipinski definition) is 2. The lowest BCUT2D eigenvalue weighted by molar-refractivity contribution is -0.139. The number of nitrogens with one attached hydrogen (secondary N) is 1. The molecule has 2 aromatic carbocycles. The highest BCUT2D eigenvalue weighted by atomic mass is 19.4. The third-order valence-corrected chi connectivity index (χ3v) is 8.97. The zero-order valence-corrected chi connectivity index (χ0v) is 22.6. The van der Waals surface area contributed by atoms with Crippen molar-refractivity contribution in [1.29, 1.82) is 0 Å². The van der Waals surface area contributed by atoms with Crippen molar-refractivity contribution in [3.63, 3.8) is 0 Å². The number of carboxylic acids is 1. The van der Waals surface area contributed by atoms with E-state index in [2.05, 4.69) is 11.4 Å². The molecule has 0 aromatic heterocycles. The summed E-state index contributed by atoms with van der Waals surface area (Å²) in [5.41, 5.74) is 0.579. The maximum atomic E-state index is 16.7. The molecular formula is C32H37F4NO3. The van der Waals surface area contributed by atoms with Crippen LogP contribution in [0.15, 0.2) is 54.1 Å². The number of rotatable bonds is 8. The summed E-state index contributed by atoms with van der Waals surface area (Å²) in [6.45, 7) is 0.388. The predicted octanol–water partition coefficient (Wildman–Crippen LogP) is 7.93. The molecule has 0 saturated heterocycles. The van der Waals surface area contributed by atoms with E-state index in [9.17, 15) is 23.1 Å². The fraction of sp³-hybridized carbons (Fsp3) is 0.531. The third-order valence-electron chi connectivity index (χ3n) is 8.97. The van der Waals surface area contributed by atoms with Crippen LogP contribution in [-0.2, 0) is 11.0 Å². The Morgan fingerprint density at radius 3 is 2.48 bits per heavy atom. The van der Waals surface area contributed by atoms with Gasteiger partial charge >= 0.3 is 12.1 Å². The summed E-state index contributed by atoms with van der Waals surface area (Å²) < 4.78 is 62.4. The molecule has 8 heteroatoms. The molecule has 0 amide bonds. The van der Waals surface area contributed by atoms with Gasteiger partial charge in [-0.2, -0.15) is 13.2 Å². The average Bonchev–Trinajstić information content (AvgIpc) is 2.93. The molecule has 4 atom stereocenters. The molecule has 1 heterocycles. The first kappa shape index (κ1) is 28.7. The van der Waals surface area contributed by atoms with E-state index < -0.39 is 29.4 Å². The van der Waals surface area contributed by atoms with Crippen LogP contribution < -0.4 is 10.1 Å². The Bertz CT molecular complexity index is 1200. The van der Waals surface area contributed by atoms with Crippen molar-refractivity contribution in [1.82, 2.24) is 5.32 Å². The molecule has 216 valence electrons. The van der Waals surface area contributed by atoms with E-state index >= 15 is 4.39 Å².